The van der Waals surface area contributed by atoms with Gasteiger partial charge in [-0.25, -0.2) is 0 Å². The second-order valence-corrected chi connectivity index (χ2v) is 3.95. The predicted molar refractivity (Wildman–Crippen MR) is 58.5 cm³/mol. The molecule has 0 aromatic heterocycles. The molecule has 0 aliphatic rings. The standard InChI is InChI=1S/C6H10O7S.2Li.2H/c1-2-13-6(9)4(3-5(7)8)14(10,11)12;;;;/h4H,2-3H2,1H3,(H,7,8)(H,10,11,12);;;;. The molecule has 86 valence electrons. The average Bonchev–Trinajstić information content (AvgIpc) is 1.98. The first-order valence-electron chi connectivity index (χ1n) is 3.63. The Hall–Kier alpha value is 0.0448. The monoisotopic (exact) mass is 242 g/mol. The molecule has 0 fully saturated rings. The number of carboxylic acid groups (broad SMARTS) is 1. The molecule has 0 spiro atoms. The van der Waals surface area contributed by atoms with Crippen LogP contribution in [0.1, 0.15) is 13.3 Å². The van der Waals surface area contributed by atoms with E-state index in [0.717, 1.165) is 0 Å². The van der Waals surface area contributed by atoms with Gasteiger partial charge in [-0.3, -0.25) is 14.1 Å². The molecule has 10 heteroatoms. The number of rotatable bonds is 5. The first kappa shape index (κ1) is 21.3. The van der Waals surface area contributed by atoms with Crippen molar-refractivity contribution in [3.63, 3.8) is 0 Å². The molecular formula is C6H12Li2O7S. The molecule has 7 nitrogen and oxygen atoms in total. The Morgan fingerprint density at radius 2 is 1.75 bits per heavy atom. The summed E-state index contributed by atoms with van der Waals surface area (Å²) in [5.41, 5.74) is 0. The molecule has 0 aliphatic carbocycles. The summed E-state index contributed by atoms with van der Waals surface area (Å²) in [6.45, 7) is 1.34. The summed E-state index contributed by atoms with van der Waals surface area (Å²) in [5, 5.41) is 6.23. The zero-order valence-electron chi connectivity index (χ0n) is 7.34. The van der Waals surface area contributed by atoms with Crippen LogP contribution in [0.2, 0.25) is 0 Å². The fourth-order valence-electron chi connectivity index (χ4n) is 0.704. The molecular weight excluding hydrogens is 230 g/mol. The molecule has 0 aromatic carbocycles. The van der Waals surface area contributed by atoms with Crippen molar-refractivity contribution in [3.05, 3.63) is 0 Å². The fourth-order valence-corrected chi connectivity index (χ4v) is 1.37. The van der Waals surface area contributed by atoms with Crippen LogP contribution in [0.25, 0.3) is 0 Å². The van der Waals surface area contributed by atoms with Crippen LogP contribution in [0.5, 0.6) is 0 Å². The SMILES string of the molecule is CCOC(=O)C(CC(=O)O)S(=O)(=O)O.[LiH].[LiH]. The summed E-state index contributed by atoms with van der Waals surface area (Å²) >= 11 is 0. The molecule has 1 unspecified atom stereocenters. The van der Waals surface area contributed by atoms with Gasteiger partial charge in [-0.2, -0.15) is 8.42 Å². The van der Waals surface area contributed by atoms with Crippen LogP contribution in [0.3, 0.4) is 0 Å². The quantitative estimate of drug-likeness (QED) is 0.324. The van der Waals surface area contributed by atoms with E-state index in [2.05, 4.69) is 4.74 Å². The number of aliphatic carboxylic acids is 1. The molecule has 16 heavy (non-hydrogen) atoms. The number of ether oxygens (including phenoxy) is 1. The van der Waals surface area contributed by atoms with Gasteiger partial charge in [-0.15, -0.1) is 0 Å². The Labute approximate surface area is 117 Å². The van der Waals surface area contributed by atoms with Gasteiger partial charge in [0.05, 0.1) is 13.0 Å². The van der Waals surface area contributed by atoms with Crippen molar-refractivity contribution in [2.45, 2.75) is 18.6 Å². The molecule has 0 saturated carbocycles. The summed E-state index contributed by atoms with van der Waals surface area (Å²) in [6.07, 6.45) is -1.02. The summed E-state index contributed by atoms with van der Waals surface area (Å²) in [5.74, 6) is -2.78. The Kier molecular flexibility index (Phi) is 12.2. The number of hydrogen-bond donors (Lipinski definition) is 2. The molecule has 0 saturated heterocycles. The maximum absolute atomic E-state index is 10.9. The van der Waals surface area contributed by atoms with Crippen LogP contribution >= 0.6 is 0 Å². The van der Waals surface area contributed by atoms with E-state index in [4.69, 9.17) is 9.66 Å². The zero-order chi connectivity index (χ0) is 11.4. The number of carbonyl (C=O) groups is 2. The van der Waals surface area contributed by atoms with Crippen molar-refractivity contribution in [3.8, 4) is 0 Å². The van der Waals surface area contributed by atoms with Gasteiger partial charge in [-0.1, -0.05) is 0 Å². The van der Waals surface area contributed by atoms with Gasteiger partial charge in [0.1, 0.15) is 0 Å². The normalized spacial score (nSPS) is 11.6. The third-order valence-electron chi connectivity index (χ3n) is 1.27. The third kappa shape index (κ3) is 8.23. The van der Waals surface area contributed by atoms with Gasteiger partial charge in [-0.05, 0) is 6.92 Å². The van der Waals surface area contributed by atoms with Crippen LogP contribution in [0.15, 0.2) is 0 Å². The van der Waals surface area contributed by atoms with E-state index < -0.39 is 33.7 Å². The first-order chi connectivity index (χ1) is 6.29. The second kappa shape index (κ2) is 9.11. The number of carbonyl (C=O) groups excluding carboxylic acids is 1. The van der Waals surface area contributed by atoms with Crippen molar-refractivity contribution in [2.24, 2.45) is 0 Å². The van der Waals surface area contributed by atoms with E-state index in [-0.39, 0.29) is 44.3 Å². The maximum atomic E-state index is 10.9. The van der Waals surface area contributed by atoms with Crippen molar-refractivity contribution in [2.75, 3.05) is 6.61 Å². The molecule has 0 rings (SSSR count). The van der Waals surface area contributed by atoms with E-state index in [1.54, 1.807) is 0 Å². The Balaban J connectivity index is -0.000000845. The van der Waals surface area contributed by atoms with E-state index >= 15 is 0 Å². The number of esters is 1. The van der Waals surface area contributed by atoms with Gasteiger partial charge in [0.2, 0.25) is 0 Å². The van der Waals surface area contributed by atoms with Crippen molar-refractivity contribution < 1.29 is 32.4 Å². The van der Waals surface area contributed by atoms with Crippen molar-refractivity contribution in [1.29, 1.82) is 0 Å². The number of carboxylic acids is 1. The van der Waals surface area contributed by atoms with Gasteiger partial charge in [0.25, 0.3) is 10.1 Å². The van der Waals surface area contributed by atoms with Crippen LogP contribution in [-0.2, 0) is 24.4 Å². The predicted octanol–water partition coefficient (Wildman–Crippen LogP) is -2.02. The molecule has 0 aromatic rings. The Morgan fingerprint density at radius 1 is 1.31 bits per heavy atom. The summed E-state index contributed by atoms with van der Waals surface area (Å²) in [6, 6.07) is 0. The fraction of sp³-hybridized carbons (Fsp3) is 0.667. The van der Waals surface area contributed by atoms with Gasteiger partial charge in [0.15, 0.2) is 5.25 Å². The van der Waals surface area contributed by atoms with E-state index in [1.165, 1.54) is 6.92 Å². The van der Waals surface area contributed by atoms with Gasteiger partial charge >= 0.3 is 49.7 Å². The molecule has 1 atom stereocenters. The third-order valence-corrected chi connectivity index (χ3v) is 2.35. The van der Waals surface area contributed by atoms with E-state index in [9.17, 15) is 18.0 Å². The summed E-state index contributed by atoms with van der Waals surface area (Å²) in [7, 11) is -4.74. The summed E-state index contributed by atoms with van der Waals surface area (Å²) < 4.78 is 34.0. The molecule has 0 radical (unpaired) electrons. The molecule has 2 N–H and O–H groups in total. The number of hydrogen-bond acceptors (Lipinski definition) is 5. The molecule has 0 aliphatic heterocycles. The first-order valence-corrected chi connectivity index (χ1v) is 5.14. The van der Waals surface area contributed by atoms with Crippen LogP contribution < -0.4 is 0 Å². The minimum absolute atomic E-state index is 0. The Bertz CT molecular complexity index is 326. The average molecular weight is 242 g/mol. The van der Waals surface area contributed by atoms with E-state index in [1.807, 2.05) is 0 Å². The van der Waals surface area contributed by atoms with E-state index in [0.29, 0.717) is 0 Å². The topological polar surface area (TPSA) is 118 Å². The second-order valence-electron chi connectivity index (χ2n) is 2.35. The zero-order valence-corrected chi connectivity index (χ0v) is 8.15. The van der Waals surface area contributed by atoms with Crippen molar-refractivity contribution >= 4 is 59.8 Å². The molecule has 0 bridgehead atoms. The van der Waals surface area contributed by atoms with Gasteiger partial charge < -0.3 is 9.84 Å². The minimum atomic E-state index is -4.74. The Morgan fingerprint density at radius 3 is 2.00 bits per heavy atom. The molecule has 0 amide bonds. The van der Waals surface area contributed by atoms with Gasteiger partial charge in [0, 0.05) is 0 Å². The van der Waals surface area contributed by atoms with Crippen LogP contribution in [-0.4, -0.2) is 79.6 Å². The summed E-state index contributed by atoms with van der Waals surface area (Å²) in [4.78, 5) is 21.1. The molecule has 0 heterocycles. The van der Waals surface area contributed by atoms with Crippen LogP contribution in [0.4, 0.5) is 0 Å². The van der Waals surface area contributed by atoms with Crippen molar-refractivity contribution in [1.82, 2.24) is 0 Å². The van der Waals surface area contributed by atoms with Crippen LogP contribution in [0, 0.1) is 0 Å².